The zero-order chi connectivity index (χ0) is 20.4. The largest absolute Gasteiger partial charge is 0.263 e. The number of benzene rings is 1. The molecule has 0 bridgehead atoms. The molecular formula is C22H28N2O2S2. The monoisotopic (exact) mass is 416 g/mol. The van der Waals surface area contributed by atoms with Gasteiger partial charge in [0.25, 0.3) is 0 Å². The Morgan fingerprint density at radius 1 is 1.11 bits per heavy atom. The maximum absolute atomic E-state index is 13.1. The molecule has 0 aliphatic carbocycles. The van der Waals surface area contributed by atoms with E-state index in [0.29, 0.717) is 10.6 Å². The minimum Gasteiger partial charge on any atom is -0.263 e. The van der Waals surface area contributed by atoms with Crippen LogP contribution in [0.5, 0.6) is 0 Å². The summed E-state index contributed by atoms with van der Waals surface area (Å²) in [6.07, 6.45) is 3.23. The van der Waals surface area contributed by atoms with Crippen molar-refractivity contribution in [1.29, 1.82) is 0 Å². The Labute approximate surface area is 172 Å². The predicted octanol–water partition coefficient (Wildman–Crippen LogP) is 5.68. The average molecular weight is 417 g/mol. The number of rotatable bonds is 7. The Kier molecular flexibility index (Phi) is 6.10. The van der Waals surface area contributed by atoms with E-state index in [2.05, 4.69) is 6.92 Å². The molecule has 4 nitrogen and oxygen atoms in total. The fourth-order valence-corrected chi connectivity index (χ4v) is 5.16. The standard InChI is InChI=1S/C22H28N2O2S2/c1-5-6-8-17-10-12-19(13-11-17)28(25,26)16-18-15-20(21-9-7-14-27-21)23-24(18)22(2,3)4/h7,9-15H,5-6,8,16H2,1-4H3. The first-order valence-electron chi connectivity index (χ1n) is 9.66. The van der Waals surface area contributed by atoms with Gasteiger partial charge in [0, 0.05) is 0 Å². The van der Waals surface area contributed by atoms with Gasteiger partial charge >= 0.3 is 0 Å². The van der Waals surface area contributed by atoms with Gasteiger partial charge in [0.05, 0.1) is 26.8 Å². The molecule has 0 spiro atoms. The van der Waals surface area contributed by atoms with Crippen LogP contribution in [0.15, 0.2) is 52.7 Å². The minimum absolute atomic E-state index is 0.0586. The first kappa shape index (κ1) is 20.8. The number of sulfone groups is 1. The van der Waals surface area contributed by atoms with Crippen molar-refractivity contribution in [1.82, 2.24) is 9.78 Å². The van der Waals surface area contributed by atoms with E-state index in [0.717, 1.165) is 29.8 Å². The zero-order valence-corrected chi connectivity index (χ0v) is 18.6. The molecule has 2 heterocycles. The van der Waals surface area contributed by atoms with Crippen LogP contribution in [0.3, 0.4) is 0 Å². The summed E-state index contributed by atoms with van der Waals surface area (Å²) in [5.41, 5.74) is 2.42. The van der Waals surface area contributed by atoms with Gasteiger partial charge in [-0.25, -0.2) is 8.42 Å². The van der Waals surface area contributed by atoms with E-state index in [-0.39, 0.29) is 11.3 Å². The van der Waals surface area contributed by atoms with Crippen molar-refractivity contribution in [3.05, 3.63) is 59.1 Å². The van der Waals surface area contributed by atoms with E-state index in [1.165, 1.54) is 5.56 Å². The highest BCUT2D eigenvalue weighted by atomic mass is 32.2. The van der Waals surface area contributed by atoms with Crippen LogP contribution in [0, 0.1) is 0 Å². The summed E-state index contributed by atoms with van der Waals surface area (Å²) in [5, 5.41) is 6.71. The van der Waals surface area contributed by atoms with Gasteiger partial charge in [-0.1, -0.05) is 31.5 Å². The van der Waals surface area contributed by atoms with E-state index in [9.17, 15) is 8.42 Å². The lowest BCUT2D eigenvalue weighted by Crippen LogP contribution is -2.26. The average Bonchev–Trinajstić information content (AvgIpc) is 3.29. The van der Waals surface area contributed by atoms with Crippen LogP contribution >= 0.6 is 11.3 Å². The second kappa shape index (κ2) is 8.21. The Morgan fingerprint density at radius 2 is 1.82 bits per heavy atom. The molecule has 0 amide bonds. The quantitative estimate of drug-likeness (QED) is 0.498. The lowest BCUT2D eigenvalue weighted by Gasteiger charge is -2.22. The van der Waals surface area contributed by atoms with Crippen LogP contribution in [-0.2, 0) is 27.5 Å². The number of unbranched alkanes of at least 4 members (excludes halogenated alkanes) is 1. The highest BCUT2D eigenvalue weighted by Gasteiger charge is 2.25. The Balaban J connectivity index is 1.91. The van der Waals surface area contributed by atoms with Gasteiger partial charge in [-0.2, -0.15) is 5.10 Å². The third kappa shape index (κ3) is 4.73. The van der Waals surface area contributed by atoms with E-state index in [1.807, 2.05) is 61.2 Å². The minimum atomic E-state index is -3.45. The Hall–Kier alpha value is -1.92. The van der Waals surface area contributed by atoms with E-state index < -0.39 is 9.84 Å². The summed E-state index contributed by atoms with van der Waals surface area (Å²) in [6.45, 7) is 8.27. The maximum atomic E-state index is 13.1. The van der Waals surface area contributed by atoms with Crippen molar-refractivity contribution >= 4 is 21.2 Å². The molecular weight excluding hydrogens is 388 g/mol. The van der Waals surface area contributed by atoms with Crippen LogP contribution < -0.4 is 0 Å². The van der Waals surface area contributed by atoms with Crippen molar-refractivity contribution in [2.24, 2.45) is 0 Å². The maximum Gasteiger partial charge on any atom is 0.184 e. The van der Waals surface area contributed by atoms with E-state index in [4.69, 9.17) is 5.10 Å². The van der Waals surface area contributed by atoms with Gasteiger partial charge in [0.15, 0.2) is 9.84 Å². The van der Waals surface area contributed by atoms with Crippen molar-refractivity contribution in [2.45, 2.75) is 63.1 Å². The fourth-order valence-electron chi connectivity index (χ4n) is 3.17. The van der Waals surface area contributed by atoms with Crippen LogP contribution in [0.1, 0.15) is 51.8 Å². The second-order valence-corrected chi connectivity index (χ2v) is 11.0. The molecule has 0 N–H and O–H groups in total. The first-order chi connectivity index (χ1) is 13.2. The first-order valence-corrected chi connectivity index (χ1v) is 12.2. The highest BCUT2D eigenvalue weighted by molar-refractivity contribution is 7.90. The molecule has 28 heavy (non-hydrogen) atoms. The third-order valence-electron chi connectivity index (χ3n) is 4.63. The Morgan fingerprint density at radius 3 is 2.39 bits per heavy atom. The molecule has 1 aromatic carbocycles. The smallest absolute Gasteiger partial charge is 0.184 e. The van der Waals surface area contributed by atoms with Crippen molar-refractivity contribution < 1.29 is 8.42 Å². The van der Waals surface area contributed by atoms with Gasteiger partial charge in [-0.15, -0.1) is 11.3 Å². The Bertz CT molecular complexity index is 1010. The summed E-state index contributed by atoms with van der Waals surface area (Å²) in [5.74, 6) is -0.0586. The molecule has 0 aliphatic rings. The van der Waals surface area contributed by atoms with Crippen LogP contribution in [0.25, 0.3) is 10.6 Å². The molecule has 0 fully saturated rings. The molecule has 0 atom stereocenters. The number of nitrogens with zero attached hydrogens (tertiary/aromatic N) is 2. The summed E-state index contributed by atoms with van der Waals surface area (Å²) in [6, 6.07) is 13.2. The predicted molar refractivity (Wildman–Crippen MR) is 116 cm³/mol. The van der Waals surface area contributed by atoms with Gasteiger partial charge in [0.2, 0.25) is 0 Å². The van der Waals surface area contributed by atoms with Gasteiger partial charge in [-0.3, -0.25) is 4.68 Å². The number of hydrogen-bond donors (Lipinski definition) is 0. The van der Waals surface area contributed by atoms with Crippen LogP contribution in [-0.4, -0.2) is 18.2 Å². The van der Waals surface area contributed by atoms with Gasteiger partial charge in [-0.05, 0) is 68.8 Å². The summed E-state index contributed by atoms with van der Waals surface area (Å²) < 4.78 is 28.0. The van der Waals surface area contributed by atoms with Gasteiger partial charge < -0.3 is 0 Å². The third-order valence-corrected chi connectivity index (χ3v) is 7.19. The summed E-state index contributed by atoms with van der Waals surface area (Å²) >= 11 is 1.61. The molecule has 3 rings (SSSR count). The number of aromatic nitrogens is 2. The van der Waals surface area contributed by atoms with Crippen molar-refractivity contribution in [2.75, 3.05) is 0 Å². The number of thiophene rings is 1. The highest BCUT2D eigenvalue weighted by Crippen LogP contribution is 2.29. The number of hydrogen-bond acceptors (Lipinski definition) is 4. The molecule has 0 unspecified atom stereocenters. The van der Waals surface area contributed by atoms with Crippen molar-refractivity contribution in [3.8, 4) is 10.6 Å². The molecule has 2 aromatic heterocycles. The number of aryl methyl sites for hydroxylation is 1. The second-order valence-electron chi connectivity index (χ2n) is 8.09. The molecule has 6 heteroatoms. The van der Waals surface area contributed by atoms with Crippen molar-refractivity contribution in [3.63, 3.8) is 0 Å². The fraction of sp³-hybridized carbons (Fsp3) is 0.409. The molecule has 0 aliphatic heterocycles. The molecule has 3 aromatic rings. The van der Waals surface area contributed by atoms with E-state index in [1.54, 1.807) is 23.5 Å². The molecule has 150 valence electrons. The normalized spacial score (nSPS) is 12.4. The lowest BCUT2D eigenvalue weighted by molar-refractivity contribution is 0.347. The SMILES string of the molecule is CCCCc1ccc(S(=O)(=O)Cc2cc(-c3cccs3)nn2C(C)(C)C)cc1. The molecule has 0 radical (unpaired) electrons. The molecule has 0 saturated heterocycles. The lowest BCUT2D eigenvalue weighted by atomic mass is 10.1. The van der Waals surface area contributed by atoms with E-state index >= 15 is 0 Å². The molecule has 0 saturated carbocycles. The van der Waals surface area contributed by atoms with Crippen LogP contribution in [0.2, 0.25) is 0 Å². The summed E-state index contributed by atoms with van der Waals surface area (Å²) in [4.78, 5) is 1.41. The zero-order valence-electron chi connectivity index (χ0n) is 17.0. The van der Waals surface area contributed by atoms with Gasteiger partial charge in [0.1, 0.15) is 5.69 Å². The topological polar surface area (TPSA) is 52.0 Å². The summed E-state index contributed by atoms with van der Waals surface area (Å²) in [7, 11) is -3.45. The van der Waals surface area contributed by atoms with Crippen LogP contribution in [0.4, 0.5) is 0 Å².